The highest BCUT2D eigenvalue weighted by molar-refractivity contribution is 7.89. The van der Waals surface area contributed by atoms with Crippen LogP contribution in [0.25, 0.3) is 0 Å². The molecule has 21 heavy (non-hydrogen) atoms. The molecule has 8 nitrogen and oxygen atoms in total. The van der Waals surface area contributed by atoms with Gasteiger partial charge in [-0.1, -0.05) is 12.1 Å². The fourth-order valence-electron chi connectivity index (χ4n) is 2.32. The van der Waals surface area contributed by atoms with Crippen LogP contribution in [0.2, 0.25) is 0 Å². The number of carboxylic acid groups (broad SMARTS) is 1. The van der Waals surface area contributed by atoms with Crippen molar-refractivity contribution in [1.82, 2.24) is 4.31 Å². The lowest BCUT2D eigenvalue weighted by molar-refractivity contribution is -0.387. The molecule has 1 aromatic rings. The van der Waals surface area contributed by atoms with E-state index in [0.29, 0.717) is 12.8 Å². The van der Waals surface area contributed by atoms with Crippen molar-refractivity contribution in [1.29, 1.82) is 0 Å². The largest absolute Gasteiger partial charge is 0.550 e. The molecule has 1 aliphatic heterocycles. The topological polar surface area (TPSA) is 121 Å². The molecule has 1 aromatic carbocycles. The van der Waals surface area contributed by atoms with Gasteiger partial charge in [0.1, 0.15) is 0 Å². The second kappa shape index (κ2) is 5.78. The molecule has 1 heterocycles. The Kier molecular flexibility index (Phi) is 4.24. The highest BCUT2D eigenvalue weighted by atomic mass is 32.2. The molecule has 9 heteroatoms. The van der Waals surface area contributed by atoms with Gasteiger partial charge in [-0.3, -0.25) is 10.1 Å². The molecule has 1 saturated heterocycles. The summed E-state index contributed by atoms with van der Waals surface area (Å²) in [4.78, 5) is 20.6. The van der Waals surface area contributed by atoms with Gasteiger partial charge in [-0.15, -0.1) is 0 Å². The van der Waals surface area contributed by atoms with E-state index >= 15 is 0 Å². The Morgan fingerprint density at radius 3 is 2.62 bits per heavy atom. The van der Waals surface area contributed by atoms with Crippen molar-refractivity contribution in [2.75, 3.05) is 13.1 Å². The van der Waals surface area contributed by atoms with Gasteiger partial charge in [-0.05, 0) is 18.9 Å². The SMILES string of the molecule is O=C([O-])[C@H]1CCCN(S(=O)(=O)c2ccccc2[N+](=O)[O-])C1. The van der Waals surface area contributed by atoms with Crippen molar-refractivity contribution in [3.8, 4) is 0 Å². The fraction of sp³-hybridized carbons (Fsp3) is 0.417. The summed E-state index contributed by atoms with van der Waals surface area (Å²) in [6, 6.07) is 5.01. The van der Waals surface area contributed by atoms with Crippen LogP contribution >= 0.6 is 0 Å². The first-order valence-electron chi connectivity index (χ1n) is 6.28. The number of piperidine rings is 1. The van der Waals surface area contributed by atoms with Crippen LogP contribution in [0.4, 0.5) is 5.69 Å². The van der Waals surface area contributed by atoms with Gasteiger partial charge in [-0.25, -0.2) is 8.42 Å². The molecule has 0 amide bonds. The molecule has 114 valence electrons. The lowest BCUT2D eigenvalue weighted by atomic mass is 10.0. The zero-order valence-corrected chi connectivity index (χ0v) is 11.8. The van der Waals surface area contributed by atoms with E-state index in [1.165, 1.54) is 12.1 Å². The highest BCUT2D eigenvalue weighted by Gasteiger charge is 2.34. The molecule has 2 rings (SSSR count). The number of rotatable bonds is 4. The maximum absolute atomic E-state index is 12.5. The van der Waals surface area contributed by atoms with Gasteiger partial charge in [0.05, 0.1) is 4.92 Å². The van der Waals surface area contributed by atoms with Crippen molar-refractivity contribution in [3.05, 3.63) is 34.4 Å². The van der Waals surface area contributed by atoms with Gasteiger partial charge in [0.15, 0.2) is 4.90 Å². The zero-order chi connectivity index (χ0) is 15.6. The Hall–Kier alpha value is -2.00. The minimum atomic E-state index is -4.10. The number of hydrogen-bond acceptors (Lipinski definition) is 6. The van der Waals surface area contributed by atoms with Crippen LogP contribution in [-0.4, -0.2) is 36.7 Å². The molecule has 0 unspecified atom stereocenters. The van der Waals surface area contributed by atoms with Gasteiger partial charge in [-0.2, -0.15) is 4.31 Å². The third kappa shape index (κ3) is 3.03. The first kappa shape index (κ1) is 15.4. The van der Waals surface area contributed by atoms with Crippen molar-refractivity contribution in [3.63, 3.8) is 0 Å². The molecule has 1 atom stereocenters. The smallest absolute Gasteiger partial charge is 0.289 e. The van der Waals surface area contributed by atoms with E-state index in [1.807, 2.05) is 0 Å². The number of para-hydroxylation sites is 1. The van der Waals surface area contributed by atoms with Gasteiger partial charge in [0.2, 0.25) is 10.0 Å². The van der Waals surface area contributed by atoms with Gasteiger partial charge in [0.25, 0.3) is 5.69 Å². The lowest BCUT2D eigenvalue weighted by Gasteiger charge is -2.32. The summed E-state index contributed by atoms with van der Waals surface area (Å²) in [5.74, 6) is -2.20. The van der Waals surface area contributed by atoms with Crippen LogP contribution in [0.15, 0.2) is 29.2 Å². The summed E-state index contributed by atoms with van der Waals surface area (Å²) in [5, 5.41) is 21.8. The summed E-state index contributed by atoms with van der Waals surface area (Å²) in [7, 11) is -4.10. The maximum atomic E-state index is 12.5. The predicted molar refractivity (Wildman–Crippen MR) is 69.6 cm³/mol. The second-order valence-electron chi connectivity index (χ2n) is 4.75. The molecule has 0 radical (unpaired) electrons. The van der Waals surface area contributed by atoms with E-state index < -0.39 is 37.4 Å². The van der Waals surface area contributed by atoms with E-state index in [1.54, 1.807) is 0 Å². The Balaban J connectivity index is 2.38. The monoisotopic (exact) mass is 313 g/mol. The van der Waals surface area contributed by atoms with E-state index in [-0.39, 0.29) is 13.1 Å². The molecule has 0 aromatic heterocycles. The Labute approximate surface area is 121 Å². The first-order valence-corrected chi connectivity index (χ1v) is 7.72. The summed E-state index contributed by atoms with van der Waals surface area (Å²) in [6.07, 6.45) is 0.712. The van der Waals surface area contributed by atoms with E-state index in [9.17, 15) is 28.4 Å². The van der Waals surface area contributed by atoms with E-state index in [2.05, 4.69) is 0 Å². The molecular formula is C12H13N2O6S-. The maximum Gasteiger partial charge on any atom is 0.289 e. The molecule has 1 fully saturated rings. The predicted octanol–water partition coefficient (Wildman–Crippen LogP) is -0.255. The molecule has 0 aliphatic carbocycles. The molecule has 0 bridgehead atoms. The molecular weight excluding hydrogens is 300 g/mol. The normalized spacial score (nSPS) is 20.1. The van der Waals surface area contributed by atoms with Gasteiger partial charge < -0.3 is 9.90 Å². The van der Waals surface area contributed by atoms with Crippen molar-refractivity contribution in [2.24, 2.45) is 5.92 Å². The number of carboxylic acids is 1. The number of sulfonamides is 1. The summed E-state index contributed by atoms with van der Waals surface area (Å²) in [6.45, 7) is -0.0884. The average molecular weight is 313 g/mol. The number of carbonyl (C=O) groups is 1. The molecule has 1 aliphatic rings. The Morgan fingerprint density at radius 2 is 2.00 bits per heavy atom. The summed E-state index contributed by atoms with van der Waals surface area (Å²) < 4.78 is 25.9. The number of nitro benzene ring substituents is 1. The van der Waals surface area contributed by atoms with Crippen molar-refractivity contribution >= 4 is 21.7 Å². The standard InChI is InChI=1S/C12H14N2O6S/c15-12(16)9-4-3-7-13(8-9)21(19,20)11-6-2-1-5-10(11)14(17)18/h1-2,5-6,9H,3-4,7-8H2,(H,15,16)/p-1/t9-/m0/s1. The minimum Gasteiger partial charge on any atom is -0.550 e. The van der Waals surface area contributed by atoms with Crippen LogP contribution < -0.4 is 5.11 Å². The quantitative estimate of drug-likeness (QED) is 0.558. The number of carbonyl (C=O) groups excluding carboxylic acids is 1. The number of benzene rings is 1. The Morgan fingerprint density at radius 1 is 1.33 bits per heavy atom. The van der Waals surface area contributed by atoms with E-state index in [0.717, 1.165) is 16.4 Å². The lowest BCUT2D eigenvalue weighted by Crippen LogP contribution is -2.46. The third-order valence-corrected chi connectivity index (χ3v) is 5.31. The number of aliphatic carboxylic acids is 1. The van der Waals surface area contributed by atoms with Gasteiger partial charge >= 0.3 is 0 Å². The van der Waals surface area contributed by atoms with Crippen LogP contribution in [0, 0.1) is 16.0 Å². The first-order chi connectivity index (χ1) is 9.84. The van der Waals surface area contributed by atoms with Gasteiger partial charge in [0, 0.05) is 31.0 Å². The summed E-state index contributed by atoms with van der Waals surface area (Å²) >= 11 is 0. The van der Waals surface area contributed by atoms with Crippen molar-refractivity contribution in [2.45, 2.75) is 17.7 Å². The minimum absolute atomic E-state index is 0.137. The zero-order valence-electron chi connectivity index (χ0n) is 11.0. The average Bonchev–Trinajstić information content (AvgIpc) is 2.47. The fourth-order valence-corrected chi connectivity index (χ4v) is 4.00. The molecule has 0 saturated carbocycles. The van der Waals surface area contributed by atoms with Crippen LogP contribution in [-0.2, 0) is 14.8 Å². The number of nitro groups is 1. The Bertz CT molecular complexity index is 672. The molecule has 0 N–H and O–H groups in total. The molecule has 0 spiro atoms. The third-order valence-electron chi connectivity index (χ3n) is 3.40. The summed E-state index contributed by atoms with van der Waals surface area (Å²) in [5.41, 5.74) is -0.520. The van der Waals surface area contributed by atoms with Crippen LogP contribution in [0.5, 0.6) is 0 Å². The highest BCUT2D eigenvalue weighted by Crippen LogP contribution is 2.29. The van der Waals surface area contributed by atoms with E-state index in [4.69, 9.17) is 0 Å². The van der Waals surface area contributed by atoms with Crippen molar-refractivity contribution < 1.29 is 23.2 Å². The number of hydrogen-bond donors (Lipinski definition) is 0. The number of nitrogens with zero attached hydrogens (tertiary/aromatic N) is 2. The van der Waals surface area contributed by atoms with Crippen LogP contribution in [0.3, 0.4) is 0 Å². The van der Waals surface area contributed by atoms with Crippen LogP contribution in [0.1, 0.15) is 12.8 Å². The second-order valence-corrected chi connectivity index (χ2v) is 6.65.